The zero-order chi connectivity index (χ0) is 24.0. The molecule has 9 nitrogen and oxygen atoms in total. The van der Waals surface area contributed by atoms with E-state index in [-0.39, 0.29) is 41.2 Å². The van der Waals surface area contributed by atoms with Crippen LogP contribution in [0.4, 0.5) is 0 Å². The first-order chi connectivity index (χ1) is 16.5. The topological polar surface area (TPSA) is 97.4 Å². The number of methoxy groups -OCH3 is 1. The molecule has 10 heteroatoms. The van der Waals surface area contributed by atoms with Gasteiger partial charge in [0.2, 0.25) is 10.0 Å². The zero-order valence-electron chi connectivity index (χ0n) is 19.3. The molecule has 2 aromatic carbocycles. The van der Waals surface area contributed by atoms with Crippen LogP contribution in [-0.2, 0) is 19.5 Å². The molecule has 2 heterocycles. The fourth-order valence-electron chi connectivity index (χ4n) is 4.15. The van der Waals surface area contributed by atoms with Gasteiger partial charge in [-0.05, 0) is 23.8 Å². The molecule has 0 aliphatic carbocycles. The summed E-state index contributed by atoms with van der Waals surface area (Å²) < 4.78 is 44.0. The number of carbonyl (C=O) groups excluding carboxylic acids is 1. The molecule has 0 bridgehead atoms. The maximum absolute atomic E-state index is 13.3. The van der Waals surface area contributed by atoms with Crippen molar-refractivity contribution in [1.29, 1.82) is 0 Å². The van der Waals surface area contributed by atoms with Crippen LogP contribution in [0.25, 0.3) is 0 Å². The van der Waals surface area contributed by atoms with Crippen LogP contribution in [0.2, 0.25) is 0 Å². The summed E-state index contributed by atoms with van der Waals surface area (Å²) in [4.78, 5) is 15.5. The van der Waals surface area contributed by atoms with Gasteiger partial charge in [0.15, 0.2) is 0 Å². The summed E-state index contributed by atoms with van der Waals surface area (Å²) in [5.41, 5.74) is 1.24. The lowest BCUT2D eigenvalue weighted by atomic mass is 10.1. The number of hydrogen-bond donors (Lipinski definition) is 1. The molecule has 2 fully saturated rings. The molecule has 2 saturated heterocycles. The average Bonchev–Trinajstić information content (AvgIpc) is 2.89. The predicted molar refractivity (Wildman–Crippen MR) is 126 cm³/mol. The van der Waals surface area contributed by atoms with E-state index in [2.05, 4.69) is 10.2 Å². The van der Waals surface area contributed by atoms with Crippen molar-refractivity contribution < 1.29 is 27.4 Å². The monoisotopic (exact) mass is 489 g/mol. The fourth-order valence-corrected chi connectivity index (χ4v) is 5.74. The van der Waals surface area contributed by atoms with Crippen LogP contribution < -0.4 is 10.1 Å². The lowest BCUT2D eigenvalue weighted by Crippen LogP contribution is -2.43. The highest BCUT2D eigenvalue weighted by molar-refractivity contribution is 7.89. The van der Waals surface area contributed by atoms with Crippen LogP contribution >= 0.6 is 0 Å². The number of nitrogens with zero attached hydrogens (tertiary/aromatic N) is 2. The molecular weight excluding hydrogens is 458 g/mol. The average molecular weight is 490 g/mol. The van der Waals surface area contributed by atoms with Crippen molar-refractivity contribution in [2.24, 2.45) is 0 Å². The molecule has 0 unspecified atom stereocenters. The second kappa shape index (κ2) is 11.3. The van der Waals surface area contributed by atoms with E-state index < -0.39 is 10.0 Å². The molecular formula is C24H31N3O6S. The molecule has 2 aliphatic rings. The third kappa shape index (κ3) is 5.76. The van der Waals surface area contributed by atoms with E-state index in [1.165, 1.54) is 23.5 Å². The van der Waals surface area contributed by atoms with Gasteiger partial charge in [0.1, 0.15) is 10.6 Å². The summed E-state index contributed by atoms with van der Waals surface area (Å²) in [6, 6.07) is 14.0. The number of nitrogens with one attached hydrogen (secondary N) is 1. The number of benzene rings is 2. The van der Waals surface area contributed by atoms with Crippen LogP contribution in [0.5, 0.6) is 5.75 Å². The smallest absolute Gasteiger partial charge is 0.251 e. The minimum atomic E-state index is -3.84. The van der Waals surface area contributed by atoms with Crippen molar-refractivity contribution in [2.75, 3.05) is 66.3 Å². The van der Waals surface area contributed by atoms with E-state index in [1.54, 1.807) is 6.07 Å². The second-order valence-corrected chi connectivity index (χ2v) is 10.1. The van der Waals surface area contributed by atoms with Gasteiger partial charge in [-0.1, -0.05) is 30.3 Å². The minimum absolute atomic E-state index is 0.0195. The lowest BCUT2D eigenvalue weighted by Gasteiger charge is -2.31. The fraction of sp³-hybridized carbons (Fsp3) is 0.458. The number of morpholine rings is 2. The zero-order valence-corrected chi connectivity index (χ0v) is 20.1. The van der Waals surface area contributed by atoms with Crippen LogP contribution in [0, 0.1) is 0 Å². The maximum Gasteiger partial charge on any atom is 0.251 e. The highest BCUT2D eigenvalue weighted by atomic mass is 32.2. The Hall–Kier alpha value is -2.50. The standard InChI is InChI=1S/C24H31N3O6S/c1-31-22-8-7-20(17-23(22)34(29,30)27-11-15-33-16-12-27)24(28)25-21(19-5-3-2-4-6-19)18-26-9-13-32-14-10-26/h2-8,17,21H,9-16,18H2,1H3,(H,25,28)/t21-/m0/s1. The SMILES string of the molecule is COc1ccc(C(=O)N[C@@H](CN2CCOCC2)c2ccccc2)cc1S(=O)(=O)N1CCOCC1. The number of hydrogen-bond acceptors (Lipinski definition) is 7. The van der Waals surface area contributed by atoms with Gasteiger partial charge in [-0.15, -0.1) is 0 Å². The molecule has 1 atom stereocenters. The Kier molecular flexibility index (Phi) is 8.17. The number of rotatable bonds is 8. The molecule has 0 spiro atoms. The first-order valence-corrected chi connectivity index (χ1v) is 12.8. The maximum atomic E-state index is 13.3. The van der Waals surface area contributed by atoms with E-state index in [0.717, 1.165) is 18.7 Å². The van der Waals surface area contributed by atoms with Crippen LogP contribution in [0.3, 0.4) is 0 Å². The van der Waals surface area contributed by atoms with Gasteiger partial charge in [-0.2, -0.15) is 4.31 Å². The Morgan fingerprint density at radius 1 is 1.00 bits per heavy atom. The first kappa shape index (κ1) is 24.6. The second-order valence-electron chi connectivity index (χ2n) is 8.23. The molecule has 34 heavy (non-hydrogen) atoms. The van der Waals surface area contributed by atoms with Gasteiger partial charge in [-0.25, -0.2) is 8.42 Å². The quantitative estimate of drug-likeness (QED) is 0.601. The number of sulfonamides is 1. The Bertz CT molecular complexity index is 1070. The third-order valence-electron chi connectivity index (χ3n) is 6.07. The first-order valence-electron chi connectivity index (χ1n) is 11.4. The van der Waals surface area contributed by atoms with Crippen molar-refractivity contribution in [3.63, 3.8) is 0 Å². The van der Waals surface area contributed by atoms with Crippen molar-refractivity contribution in [3.05, 3.63) is 59.7 Å². The number of ether oxygens (including phenoxy) is 3. The Morgan fingerprint density at radius 3 is 2.29 bits per heavy atom. The highest BCUT2D eigenvalue weighted by Crippen LogP contribution is 2.29. The van der Waals surface area contributed by atoms with E-state index >= 15 is 0 Å². The van der Waals surface area contributed by atoms with E-state index in [9.17, 15) is 13.2 Å². The molecule has 1 amide bonds. The van der Waals surface area contributed by atoms with Gasteiger partial charge in [-0.3, -0.25) is 9.69 Å². The normalized spacial score (nSPS) is 18.9. The van der Waals surface area contributed by atoms with Crippen molar-refractivity contribution in [3.8, 4) is 5.75 Å². The highest BCUT2D eigenvalue weighted by Gasteiger charge is 2.30. The molecule has 4 rings (SSSR count). The molecule has 2 aromatic rings. The van der Waals surface area contributed by atoms with E-state index in [4.69, 9.17) is 14.2 Å². The number of amides is 1. The van der Waals surface area contributed by atoms with Crippen molar-refractivity contribution in [2.45, 2.75) is 10.9 Å². The van der Waals surface area contributed by atoms with Gasteiger partial charge in [0.25, 0.3) is 5.91 Å². The largest absolute Gasteiger partial charge is 0.495 e. The minimum Gasteiger partial charge on any atom is -0.495 e. The molecule has 184 valence electrons. The summed E-state index contributed by atoms with van der Waals surface area (Å²) in [6.07, 6.45) is 0. The summed E-state index contributed by atoms with van der Waals surface area (Å²) in [5.74, 6) is -0.140. The van der Waals surface area contributed by atoms with Crippen molar-refractivity contribution >= 4 is 15.9 Å². The summed E-state index contributed by atoms with van der Waals surface area (Å²) in [7, 11) is -2.42. The summed E-state index contributed by atoms with van der Waals surface area (Å²) in [6.45, 7) is 4.74. The molecule has 0 radical (unpaired) electrons. The van der Waals surface area contributed by atoms with Gasteiger partial charge in [0.05, 0.1) is 39.6 Å². The summed E-state index contributed by atoms with van der Waals surface area (Å²) in [5, 5.41) is 3.10. The van der Waals surface area contributed by atoms with Gasteiger partial charge >= 0.3 is 0 Å². The Morgan fingerprint density at radius 2 is 1.65 bits per heavy atom. The van der Waals surface area contributed by atoms with Gasteiger partial charge < -0.3 is 19.5 Å². The third-order valence-corrected chi connectivity index (χ3v) is 7.99. The molecule has 1 N–H and O–H groups in total. The predicted octanol–water partition coefficient (Wildman–Crippen LogP) is 1.52. The van der Waals surface area contributed by atoms with Crippen LogP contribution in [0.1, 0.15) is 22.0 Å². The van der Waals surface area contributed by atoms with Crippen LogP contribution in [0.15, 0.2) is 53.4 Å². The Balaban J connectivity index is 1.58. The van der Waals surface area contributed by atoms with Gasteiger partial charge in [0, 0.05) is 38.3 Å². The van der Waals surface area contributed by atoms with E-state index in [0.29, 0.717) is 33.0 Å². The molecule has 0 aromatic heterocycles. The van der Waals surface area contributed by atoms with E-state index in [1.807, 2.05) is 30.3 Å². The van der Waals surface area contributed by atoms with Crippen LogP contribution in [-0.4, -0.2) is 89.8 Å². The molecule has 0 saturated carbocycles. The Labute approximate surface area is 200 Å². The number of carbonyl (C=O) groups is 1. The molecule has 2 aliphatic heterocycles. The lowest BCUT2D eigenvalue weighted by molar-refractivity contribution is 0.0332. The van der Waals surface area contributed by atoms with Crippen molar-refractivity contribution in [1.82, 2.24) is 14.5 Å². The summed E-state index contributed by atoms with van der Waals surface area (Å²) >= 11 is 0.